The molecule has 0 bridgehead atoms. The molecule has 1 aromatic carbocycles. The van der Waals surface area contributed by atoms with Crippen LogP contribution >= 0.6 is 0 Å². The van der Waals surface area contributed by atoms with E-state index in [4.69, 9.17) is 11.1 Å². The Morgan fingerprint density at radius 1 is 1.15 bits per heavy atom. The Morgan fingerprint density at radius 2 is 1.62 bits per heavy atom. The van der Waals surface area contributed by atoms with E-state index in [0.29, 0.717) is 5.56 Å². The van der Waals surface area contributed by atoms with Crippen molar-refractivity contribution in [2.45, 2.75) is 6.18 Å². The van der Waals surface area contributed by atoms with E-state index >= 15 is 0 Å². The fourth-order valence-electron chi connectivity index (χ4n) is 0.852. The predicted octanol–water partition coefficient (Wildman–Crippen LogP) is 0.170. The van der Waals surface area contributed by atoms with Crippen LogP contribution in [0.25, 0.3) is 0 Å². The fourth-order valence-corrected chi connectivity index (χ4v) is 0.852. The third-order valence-corrected chi connectivity index (χ3v) is 1.55. The molecule has 0 unspecified atom stereocenters. The molecule has 4 N–H and O–H groups in total. The maximum absolute atomic E-state index is 12.1. The van der Waals surface area contributed by atoms with Gasteiger partial charge in [-0.25, -0.2) is 0 Å². The van der Waals surface area contributed by atoms with Gasteiger partial charge in [0.25, 0.3) is 5.84 Å². The molecule has 1 aromatic rings. The Hall–Kier alpha value is -1.52. The van der Waals surface area contributed by atoms with E-state index in [1.54, 1.807) is 0 Å². The third kappa shape index (κ3) is 2.21. The summed E-state index contributed by atoms with van der Waals surface area (Å²) in [6.07, 6.45) is -4.32. The van der Waals surface area contributed by atoms with Gasteiger partial charge in [-0.3, -0.25) is 11.1 Å². The highest BCUT2D eigenvalue weighted by atomic mass is 19.4. The van der Waals surface area contributed by atoms with Crippen molar-refractivity contribution in [3.8, 4) is 0 Å². The van der Waals surface area contributed by atoms with Crippen LogP contribution in [0.3, 0.4) is 0 Å². The maximum Gasteiger partial charge on any atom is 0.416 e. The van der Waals surface area contributed by atoms with Crippen LogP contribution in [0.1, 0.15) is 11.1 Å². The summed E-state index contributed by atoms with van der Waals surface area (Å²) in [5, 5.41) is 5.19. The van der Waals surface area contributed by atoms with Crippen molar-refractivity contribution in [3.05, 3.63) is 35.4 Å². The summed E-state index contributed by atoms with van der Waals surface area (Å²) < 4.78 is 36.2. The lowest BCUT2D eigenvalue weighted by molar-refractivity contribution is -0.137. The van der Waals surface area contributed by atoms with Gasteiger partial charge in [0, 0.05) is 0 Å². The highest BCUT2D eigenvalue weighted by Gasteiger charge is 2.30. The molecule has 0 saturated heterocycles. The van der Waals surface area contributed by atoms with Gasteiger partial charge in [0.1, 0.15) is 0 Å². The SMILES string of the molecule is NC(=[NH2+])c1ccc(C(F)(F)F)cc1. The minimum absolute atomic E-state index is 0.00808. The number of hydrogen-bond donors (Lipinski definition) is 2. The summed E-state index contributed by atoms with van der Waals surface area (Å²) in [5.74, 6) is 0.00808. The van der Waals surface area contributed by atoms with E-state index in [0.717, 1.165) is 12.1 Å². The van der Waals surface area contributed by atoms with E-state index in [2.05, 4.69) is 0 Å². The smallest absolute Gasteiger partial charge is 0.287 e. The average molecular weight is 189 g/mol. The number of alkyl halides is 3. The van der Waals surface area contributed by atoms with Crippen LogP contribution < -0.4 is 11.1 Å². The normalized spacial score (nSPS) is 11.3. The summed E-state index contributed by atoms with van der Waals surface area (Å²) in [6.45, 7) is 0. The first-order valence-electron chi connectivity index (χ1n) is 3.47. The number of amidine groups is 1. The largest absolute Gasteiger partial charge is 0.416 e. The monoisotopic (exact) mass is 189 g/mol. The molecule has 0 atom stereocenters. The van der Waals surface area contributed by atoms with E-state index in [9.17, 15) is 13.2 Å². The Morgan fingerprint density at radius 3 is 1.92 bits per heavy atom. The zero-order valence-corrected chi connectivity index (χ0v) is 6.60. The topological polar surface area (TPSA) is 51.6 Å². The van der Waals surface area contributed by atoms with Crippen molar-refractivity contribution in [2.24, 2.45) is 5.73 Å². The lowest BCUT2D eigenvalue weighted by Crippen LogP contribution is -2.46. The van der Waals surface area contributed by atoms with Crippen molar-refractivity contribution in [1.29, 1.82) is 0 Å². The molecule has 0 amide bonds. The summed E-state index contributed by atoms with van der Waals surface area (Å²) >= 11 is 0. The Bertz CT molecular complexity index is 313. The second kappa shape index (κ2) is 3.08. The zero-order chi connectivity index (χ0) is 10.1. The molecular weight excluding hydrogens is 181 g/mol. The van der Waals surface area contributed by atoms with Gasteiger partial charge in [-0.15, -0.1) is 0 Å². The molecule has 0 radical (unpaired) electrons. The number of rotatable bonds is 1. The molecule has 0 aliphatic carbocycles. The predicted molar refractivity (Wildman–Crippen MR) is 41.7 cm³/mol. The summed E-state index contributed by atoms with van der Waals surface area (Å²) in [5.41, 5.74) is 4.87. The molecule has 5 heteroatoms. The van der Waals surface area contributed by atoms with Gasteiger partial charge in [0.05, 0.1) is 11.1 Å². The Kier molecular flexibility index (Phi) is 2.27. The van der Waals surface area contributed by atoms with Crippen molar-refractivity contribution in [2.75, 3.05) is 0 Å². The molecule has 0 spiro atoms. The van der Waals surface area contributed by atoms with Gasteiger partial charge < -0.3 is 0 Å². The van der Waals surface area contributed by atoms with Crippen molar-refractivity contribution < 1.29 is 18.6 Å². The Labute approximate surface area is 72.7 Å². The van der Waals surface area contributed by atoms with Crippen LogP contribution in [-0.4, -0.2) is 5.84 Å². The van der Waals surface area contributed by atoms with Gasteiger partial charge in [0.2, 0.25) is 0 Å². The molecule has 0 aliphatic rings. The molecule has 0 aliphatic heterocycles. The molecule has 0 heterocycles. The van der Waals surface area contributed by atoms with Crippen LogP contribution in [0.15, 0.2) is 24.3 Å². The summed E-state index contributed by atoms with van der Waals surface area (Å²) in [7, 11) is 0. The first kappa shape index (κ1) is 9.57. The minimum atomic E-state index is -4.32. The number of nitrogens with two attached hydrogens (primary N) is 2. The molecule has 0 saturated carbocycles. The average Bonchev–Trinajstić information content (AvgIpc) is 2.03. The van der Waals surface area contributed by atoms with Crippen LogP contribution in [0.5, 0.6) is 0 Å². The van der Waals surface area contributed by atoms with Crippen LogP contribution in [0.2, 0.25) is 0 Å². The Balaban J connectivity index is 3.01. The number of benzene rings is 1. The van der Waals surface area contributed by atoms with E-state index in [-0.39, 0.29) is 5.84 Å². The van der Waals surface area contributed by atoms with E-state index in [1.807, 2.05) is 0 Å². The summed E-state index contributed by atoms with van der Waals surface area (Å²) in [4.78, 5) is 0. The molecule has 0 aromatic heterocycles. The van der Waals surface area contributed by atoms with E-state index in [1.165, 1.54) is 12.1 Å². The molecule has 13 heavy (non-hydrogen) atoms. The highest BCUT2D eigenvalue weighted by Crippen LogP contribution is 2.28. The van der Waals surface area contributed by atoms with Crippen molar-refractivity contribution in [1.82, 2.24) is 0 Å². The molecule has 2 nitrogen and oxygen atoms in total. The lowest BCUT2D eigenvalue weighted by atomic mass is 10.1. The van der Waals surface area contributed by atoms with Gasteiger partial charge in [0.15, 0.2) is 0 Å². The first-order valence-corrected chi connectivity index (χ1v) is 3.47. The standard InChI is InChI=1S/C8H7F3N2/c9-8(10,11)6-3-1-5(2-4-6)7(12)13/h1-4H,(H3,12,13)/p+1. The van der Waals surface area contributed by atoms with Crippen molar-refractivity contribution >= 4 is 5.84 Å². The van der Waals surface area contributed by atoms with Crippen LogP contribution in [0.4, 0.5) is 13.2 Å². The third-order valence-electron chi connectivity index (χ3n) is 1.55. The van der Waals surface area contributed by atoms with Gasteiger partial charge in [-0.2, -0.15) is 13.2 Å². The van der Waals surface area contributed by atoms with Crippen molar-refractivity contribution in [3.63, 3.8) is 0 Å². The van der Waals surface area contributed by atoms with E-state index < -0.39 is 11.7 Å². The second-order valence-electron chi connectivity index (χ2n) is 2.53. The first-order chi connectivity index (χ1) is 5.91. The second-order valence-corrected chi connectivity index (χ2v) is 2.53. The lowest BCUT2D eigenvalue weighted by Gasteiger charge is -2.05. The molecular formula is C8H8F3N2+. The van der Waals surface area contributed by atoms with Gasteiger partial charge >= 0.3 is 6.18 Å². The number of halogens is 3. The number of hydrogen-bond acceptors (Lipinski definition) is 0. The molecule has 1 rings (SSSR count). The summed E-state index contributed by atoms with van der Waals surface area (Å²) in [6, 6.07) is 4.35. The minimum Gasteiger partial charge on any atom is -0.287 e. The van der Waals surface area contributed by atoms with Gasteiger partial charge in [-0.05, 0) is 24.3 Å². The fraction of sp³-hybridized carbons (Fsp3) is 0.125. The van der Waals surface area contributed by atoms with Crippen LogP contribution in [0, 0.1) is 0 Å². The van der Waals surface area contributed by atoms with Crippen LogP contribution in [-0.2, 0) is 6.18 Å². The van der Waals surface area contributed by atoms with Gasteiger partial charge in [-0.1, -0.05) is 0 Å². The molecule has 0 fully saturated rings. The highest BCUT2D eigenvalue weighted by molar-refractivity contribution is 5.92. The maximum atomic E-state index is 12.1. The zero-order valence-electron chi connectivity index (χ0n) is 6.60. The quantitative estimate of drug-likeness (QED) is 0.480. The molecule has 70 valence electrons.